The first-order chi connectivity index (χ1) is 12.7. The summed E-state index contributed by atoms with van der Waals surface area (Å²) in [7, 11) is 1.49. The minimum atomic E-state index is -4.95. The number of thioether (sulfide) groups is 1. The van der Waals surface area contributed by atoms with Gasteiger partial charge in [-0.1, -0.05) is 12.1 Å². The fourth-order valence-electron chi connectivity index (χ4n) is 3.41. The monoisotopic (exact) mass is 409 g/mol. The van der Waals surface area contributed by atoms with Crippen LogP contribution >= 0.6 is 11.8 Å². The third kappa shape index (κ3) is 3.92. The van der Waals surface area contributed by atoms with E-state index in [1.165, 1.54) is 7.11 Å². The summed E-state index contributed by atoms with van der Waals surface area (Å²) in [4.78, 5) is 0.804. The van der Waals surface area contributed by atoms with E-state index >= 15 is 0 Å². The van der Waals surface area contributed by atoms with Gasteiger partial charge in [0.05, 0.1) is 25.6 Å². The number of methoxy groups -OCH3 is 1. The van der Waals surface area contributed by atoms with Crippen molar-refractivity contribution in [3.63, 3.8) is 0 Å². The van der Waals surface area contributed by atoms with Crippen molar-refractivity contribution in [3.8, 4) is 5.75 Å². The Labute approximate surface area is 158 Å². The van der Waals surface area contributed by atoms with E-state index in [1.807, 2.05) is 0 Å². The van der Waals surface area contributed by atoms with E-state index in [1.54, 1.807) is 24.3 Å². The van der Waals surface area contributed by atoms with Crippen LogP contribution in [0.2, 0.25) is 0 Å². The molecule has 0 aromatic heterocycles. The van der Waals surface area contributed by atoms with E-state index in [9.17, 15) is 28.5 Å². The molecule has 0 saturated carbocycles. The molecule has 1 aromatic carbocycles. The lowest BCUT2D eigenvalue weighted by Crippen LogP contribution is -2.66. The van der Waals surface area contributed by atoms with Crippen molar-refractivity contribution in [1.82, 2.24) is 4.90 Å². The van der Waals surface area contributed by atoms with Gasteiger partial charge < -0.3 is 24.8 Å². The van der Waals surface area contributed by atoms with Crippen LogP contribution in [-0.4, -0.2) is 75.4 Å². The molecule has 5 unspecified atom stereocenters. The standard InChI is InChI=1S/C17H22F3NO5S/c1-25-11-4-2-10(3-5-11)6-7-16(24,17(18,19)20)21-9-27-15-13(21)14(23)12(22)8-26-15/h2-5,12-15,22-24H,6-9H2,1H3. The van der Waals surface area contributed by atoms with Gasteiger partial charge in [0.15, 0.2) is 0 Å². The molecule has 0 bridgehead atoms. The second-order valence-corrected chi connectivity index (χ2v) is 7.73. The Kier molecular flexibility index (Phi) is 5.95. The van der Waals surface area contributed by atoms with Gasteiger partial charge in [0, 0.05) is 6.42 Å². The predicted molar refractivity (Wildman–Crippen MR) is 92.2 cm³/mol. The maximum atomic E-state index is 13.9. The second-order valence-electron chi connectivity index (χ2n) is 6.68. The second kappa shape index (κ2) is 7.76. The number of benzene rings is 1. The maximum absolute atomic E-state index is 13.9. The van der Waals surface area contributed by atoms with Crippen LogP contribution in [0.5, 0.6) is 5.75 Å². The van der Waals surface area contributed by atoms with Crippen LogP contribution in [0.1, 0.15) is 12.0 Å². The van der Waals surface area contributed by atoms with Crippen LogP contribution in [0.25, 0.3) is 0 Å². The van der Waals surface area contributed by atoms with Crippen LogP contribution in [0.15, 0.2) is 24.3 Å². The van der Waals surface area contributed by atoms with Gasteiger partial charge in [0.1, 0.15) is 23.4 Å². The Bertz CT molecular complexity index is 646. The van der Waals surface area contributed by atoms with E-state index in [4.69, 9.17) is 9.47 Å². The van der Waals surface area contributed by atoms with E-state index in [-0.39, 0.29) is 18.9 Å². The third-order valence-electron chi connectivity index (χ3n) is 5.04. The lowest BCUT2D eigenvalue weighted by molar-refractivity contribution is -0.330. The molecule has 27 heavy (non-hydrogen) atoms. The Morgan fingerprint density at radius 1 is 1.26 bits per heavy atom. The Morgan fingerprint density at radius 3 is 2.52 bits per heavy atom. The highest BCUT2D eigenvalue weighted by atomic mass is 32.2. The fourth-order valence-corrected chi connectivity index (χ4v) is 4.78. The molecular weight excluding hydrogens is 387 g/mol. The van der Waals surface area contributed by atoms with Gasteiger partial charge in [-0.05, 0) is 24.1 Å². The van der Waals surface area contributed by atoms with Crippen LogP contribution < -0.4 is 4.74 Å². The zero-order valence-corrected chi connectivity index (χ0v) is 15.4. The quantitative estimate of drug-likeness (QED) is 0.677. The summed E-state index contributed by atoms with van der Waals surface area (Å²) in [6, 6.07) is 5.40. The Morgan fingerprint density at radius 2 is 1.93 bits per heavy atom. The SMILES string of the molecule is COc1ccc(CCC(O)(N2CSC3OCC(O)C(O)C32)C(F)(F)F)cc1. The molecule has 6 nitrogen and oxygen atoms in total. The maximum Gasteiger partial charge on any atom is 0.431 e. The number of hydrogen-bond donors (Lipinski definition) is 3. The van der Waals surface area contributed by atoms with E-state index in [0.29, 0.717) is 11.3 Å². The highest BCUT2D eigenvalue weighted by molar-refractivity contribution is 8.00. The van der Waals surface area contributed by atoms with Gasteiger partial charge in [-0.2, -0.15) is 13.2 Å². The average molecular weight is 409 g/mol. The minimum Gasteiger partial charge on any atom is -0.497 e. The number of halogens is 3. The molecular formula is C17H22F3NO5S. The molecule has 2 heterocycles. The summed E-state index contributed by atoms with van der Waals surface area (Å²) in [5.41, 5.74) is -3.28. The topological polar surface area (TPSA) is 82.4 Å². The van der Waals surface area contributed by atoms with Gasteiger partial charge in [0.2, 0.25) is 5.72 Å². The van der Waals surface area contributed by atoms with Crippen molar-refractivity contribution in [1.29, 1.82) is 0 Å². The summed E-state index contributed by atoms with van der Waals surface area (Å²) in [6.07, 6.45) is -8.33. The lowest BCUT2D eigenvalue weighted by atomic mass is 9.95. The first-order valence-corrected chi connectivity index (χ1v) is 9.50. The van der Waals surface area contributed by atoms with Crippen molar-refractivity contribution in [2.45, 2.75) is 48.4 Å². The van der Waals surface area contributed by atoms with Crippen molar-refractivity contribution in [2.24, 2.45) is 0 Å². The largest absolute Gasteiger partial charge is 0.497 e. The van der Waals surface area contributed by atoms with Gasteiger partial charge in [0.25, 0.3) is 0 Å². The van der Waals surface area contributed by atoms with Crippen LogP contribution in [-0.2, 0) is 11.2 Å². The highest BCUT2D eigenvalue weighted by Gasteiger charge is 2.63. The first-order valence-electron chi connectivity index (χ1n) is 8.45. The Balaban J connectivity index is 1.81. The number of hydrogen-bond acceptors (Lipinski definition) is 7. The number of rotatable bonds is 5. The van der Waals surface area contributed by atoms with Crippen LogP contribution in [0, 0.1) is 0 Å². The molecule has 2 aliphatic rings. The van der Waals surface area contributed by atoms with E-state index < -0.39 is 42.0 Å². The van der Waals surface area contributed by atoms with E-state index in [0.717, 1.165) is 16.7 Å². The molecule has 2 saturated heterocycles. The molecule has 3 rings (SSSR count). The predicted octanol–water partition coefficient (Wildman–Crippen LogP) is 1.33. The van der Waals surface area contributed by atoms with Gasteiger partial charge in [-0.15, -0.1) is 11.8 Å². The van der Waals surface area contributed by atoms with Gasteiger partial charge >= 0.3 is 6.18 Å². The van der Waals surface area contributed by atoms with Crippen LogP contribution in [0.4, 0.5) is 13.2 Å². The van der Waals surface area contributed by atoms with Crippen molar-refractivity contribution < 1.29 is 38.0 Å². The number of alkyl halides is 3. The molecule has 1 aromatic rings. The number of aliphatic hydroxyl groups excluding tert-OH is 2. The Hall–Kier alpha value is -1.04. The normalized spacial score (nSPS) is 31.4. The van der Waals surface area contributed by atoms with E-state index in [2.05, 4.69) is 0 Å². The number of aliphatic hydroxyl groups is 3. The molecule has 2 aliphatic heterocycles. The third-order valence-corrected chi connectivity index (χ3v) is 6.21. The molecule has 0 aliphatic carbocycles. The molecule has 3 N–H and O–H groups in total. The highest BCUT2D eigenvalue weighted by Crippen LogP contribution is 2.46. The number of nitrogens with zero attached hydrogens (tertiary/aromatic N) is 1. The zero-order chi connectivity index (χ0) is 19.8. The summed E-state index contributed by atoms with van der Waals surface area (Å²) in [5, 5.41) is 30.7. The molecule has 152 valence electrons. The van der Waals surface area contributed by atoms with Gasteiger partial charge in [-0.3, -0.25) is 0 Å². The lowest BCUT2D eigenvalue weighted by Gasteiger charge is -2.45. The summed E-state index contributed by atoms with van der Waals surface area (Å²) >= 11 is 1.07. The van der Waals surface area contributed by atoms with Crippen molar-refractivity contribution >= 4 is 11.8 Å². The number of aryl methyl sites for hydroxylation is 1. The average Bonchev–Trinajstić information content (AvgIpc) is 3.07. The molecule has 2 fully saturated rings. The molecule has 0 spiro atoms. The minimum absolute atomic E-state index is 0.0297. The zero-order valence-electron chi connectivity index (χ0n) is 14.6. The number of ether oxygens (including phenoxy) is 2. The molecule has 10 heteroatoms. The van der Waals surface area contributed by atoms with Crippen LogP contribution in [0.3, 0.4) is 0 Å². The summed E-state index contributed by atoms with van der Waals surface area (Å²) in [5.74, 6) is 0.414. The van der Waals surface area contributed by atoms with Crippen molar-refractivity contribution in [3.05, 3.63) is 29.8 Å². The summed E-state index contributed by atoms with van der Waals surface area (Å²) in [6.45, 7) is -0.153. The fraction of sp³-hybridized carbons (Fsp3) is 0.647. The molecule has 0 amide bonds. The summed E-state index contributed by atoms with van der Waals surface area (Å²) < 4.78 is 51.9. The smallest absolute Gasteiger partial charge is 0.431 e. The molecule has 5 atom stereocenters. The number of fused-ring (bicyclic) bond motifs is 1. The first kappa shape index (κ1) is 20.7. The van der Waals surface area contributed by atoms with Crippen molar-refractivity contribution in [2.75, 3.05) is 19.6 Å². The van der Waals surface area contributed by atoms with Gasteiger partial charge in [-0.25, -0.2) is 4.90 Å². The molecule has 0 radical (unpaired) electrons.